The van der Waals surface area contributed by atoms with Crippen molar-refractivity contribution in [3.63, 3.8) is 0 Å². The van der Waals surface area contributed by atoms with Crippen molar-refractivity contribution in [1.29, 1.82) is 0 Å². The zero-order valence-corrected chi connectivity index (χ0v) is 13.3. The van der Waals surface area contributed by atoms with Gasteiger partial charge in [0.15, 0.2) is 17.5 Å². The van der Waals surface area contributed by atoms with E-state index < -0.39 is 23.4 Å². The van der Waals surface area contributed by atoms with Crippen molar-refractivity contribution in [1.82, 2.24) is 15.1 Å². The molecule has 1 fully saturated rings. The third-order valence-electron chi connectivity index (χ3n) is 3.42. The maximum Gasteiger partial charge on any atom is 0.254 e. The minimum Gasteiger partial charge on any atom is -0.339 e. The molecule has 1 heterocycles. The summed E-state index contributed by atoms with van der Waals surface area (Å²) in [6, 6.07) is 1.24. The molecular weight excluding hydrogens is 335 g/mol. The highest BCUT2D eigenvalue weighted by Gasteiger charge is 2.22. The Morgan fingerprint density at radius 2 is 1.70 bits per heavy atom. The molecule has 1 aliphatic rings. The van der Waals surface area contributed by atoms with E-state index in [0.717, 1.165) is 4.90 Å². The van der Waals surface area contributed by atoms with Crippen molar-refractivity contribution in [2.45, 2.75) is 0 Å². The quantitative estimate of drug-likeness (QED) is 0.828. The van der Waals surface area contributed by atoms with Crippen LogP contribution in [0, 0.1) is 17.5 Å². The number of nitrogens with zero attached hydrogens (tertiary/aromatic N) is 2. The van der Waals surface area contributed by atoms with E-state index in [9.17, 15) is 22.8 Å². The molecule has 0 bridgehead atoms. The van der Waals surface area contributed by atoms with Crippen molar-refractivity contribution in [2.24, 2.45) is 0 Å². The lowest BCUT2D eigenvalue weighted by molar-refractivity contribution is -0.132. The number of piperazine rings is 1. The largest absolute Gasteiger partial charge is 0.339 e. The smallest absolute Gasteiger partial charge is 0.254 e. The molecule has 1 aliphatic heterocycles. The molecule has 0 radical (unpaired) electrons. The number of carbonyl (C=O) groups excluding carboxylic acids is 2. The molecule has 9 heteroatoms. The molecule has 128 valence electrons. The first-order valence-electron chi connectivity index (χ1n) is 6.78. The zero-order valence-electron chi connectivity index (χ0n) is 12.4. The molecular formula is C14H17ClF3N3O2. The maximum atomic E-state index is 13.1. The SMILES string of the molecule is CN(CC(=O)N1CCNCC1)C(=O)c1cc(F)c(F)c(F)c1.Cl. The van der Waals surface area contributed by atoms with E-state index in [1.165, 1.54) is 7.05 Å². The maximum absolute atomic E-state index is 13.1. The normalized spacial score (nSPS) is 14.2. The van der Waals surface area contributed by atoms with E-state index in [0.29, 0.717) is 38.3 Å². The minimum absolute atomic E-state index is 0. The molecule has 2 rings (SSSR count). The summed E-state index contributed by atoms with van der Waals surface area (Å²) in [6.45, 7) is 2.23. The monoisotopic (exact) mass is 351 g/mol. The number of likely N-dealkylation sites (N-methyl/N-ethyl adjacent to an activating group) is 1. The van der Waals surface area contributed by atoms with Crippen LogP contribution < -0.4 is 5.32 Å². The van der Waals surface area contributed by atoms with E-state index in [1.807, 2.05) is 0 Å². The second kappa shape index (κ2) is 8.16. The Balaban J connectivity index is 0.00000264. The molecule has 0 spiro atoms. The van der Waals surface area contributed by atoms with Crippen LogP contribution in [0.25, 0.3) is 0 Å². The number of halogens is 4. The van der Waals surface area contributed by atoms with E-state index in [4.69, 9.17) is 0 Å². The average molecular weight is 352 g/mol. The number of carbonyl (C=O) groups is 2. The summed E-state index contributed by atoms with van der Waals surface area (Å²) in [5.41, 5.74) is -0.341. The summed E-state index contributed by atoms with van der Waals surface area (Å²) in [5, 5.41) is 3.10. The Kier molecular flexibility index (Phi) is 6.83. The molecule has 0 atom stereocenters. The van der Waals surface area contributed by atoms with E-state index in [1.54, 1.807) is 4.90 Å². The Morgan fingerprint density at radius 1 is 1.17 bits per heavy atom. The summed E-state index contributed by atoms with van der Waals surface area (Å²) in [5.74, 6) is -5.51. The van der Waals surface area contributed by atoms with Crippen LogP contribution in [0.15, 0.2) is 12.1 Å². The molecule has 0 unspecified atom stereocenters. The average Bonchev–Trinajstić information content (AvgIpc) is 2.52. The van der Waals surface area contributed by atoms with Gasteiger partial charge < -0.3 is 15.1 Å². The fourth-order valence-electron chi connectivity index (χ4n) is 2.19. The first kappa shape index (κ1) is 19.2. The summed E-state index contributed by atoms with van der Waals surface area (Å²) >= 11 is 0. The second-order valence-electron chi connectivity index (χ2n) is 5.05. The molecule has 23 heavy (non-hydrogen) atoms. The molecule has 0 aromatic heterocycles. The van der Waals surface area contributed by atoms with Crippen LogP contribution in [0.1, 0.15) is 10.4 Å². The first-order chi connectivity index (χ1) is 10.4. The highest BCUT2D eigenvalue weighted by molar-refractivity contribution is 5.96. The van der Waals surface area contributed by atoms with E-state index in [2.05, 4.69) is 5.32 Å². The van der Waals surface area contributed by atoms with Gasteiger partial charge in [0.2, 0.25) is 5.91 Å². The van der Waals surface area contributed by atoms with Gasteiger partial charge >= 0.3 is 0 Å². The molecule has 0 saturated carbocycles. The third kappa shape index (κ3) is 4.59. The van der Waals surface area contributed by atoms with Crippen LogP contribution in [0.5, 0.6) is 0 Å². The topological polar surface area (TPSA) is 52.7 Å². The second-order valence-corrected chi connectivity index (χ2v) is 5.05. The van der Waals surface area contributed by atoms with Crippen LogP contribution >= 0.6 is 12.4 Å². The van der Waals surface area contributed by atoms with Gasteiger partial charge in [-0.05, 0) is 12.1 Å². The van der Waals surface area contributed by atoms with Gasteiger partial charge in [0.25, 0.3) is 5.91 Å². The van der Waals surface area contributed by atoms with E-state index >= 15 is 0 Å². The van der Waals surface area contributed by atoms with Crippen molar-refractivity contribution in [3.8, 4) is 0 Å². The van der Waals surface area contributed by atoms with Gasteiger partial charge in [-0.15, -0.1) is 12.4 Å². The van der Waals surface area contributed by atoms with Gasteiger partial charge in [-0.1, -0.05) is 0 Å². The van der Waals surface area contributed by atoms with Gasteiger partial charge in [0.1, 0.15) is 0 Å². The first-order valence-corrected chi connectivity index (χ1v) is 6.78. The number of hydrogen-bond acceptors (Lipinski definition) is 3. The molecule has 1 saturated heterocycles. The van der Waals surface area contributed by atoms with Crippen molar-refractivity contribution in [3.05, 3.63) is 35.1 Å². The fourth-order valence-corrected chi connectivity index (χ4v) is 2.19. The molecule has 2 amide bonds. The standard InChI is InChI=1S/C14H16F3N3O2.ClH/c1-19(8-12(21)20-4-2-18-3-5-20)14(22)9-6-10(15)13(17)11(16)7-9;/h6-7,18H,2-5,8H2,1H3;1H. The van der Waals surface area contributed by atoms with E-state index in [-0.39, 0.29) is 30.4 Å². The fraction of sp³-hybridized carbons (Fsp3) is 0.429. The lowest BCUT2D eigenvalue weighted by Crippen LogP contribution is -2.49. The van der Waals surface area contributed by atoms with Crippen molar-refractivity contribution < 1.29 is 22.8 Å². The van der Waals surface area contributed by atoms with Crippen LogP contribution in [-0.4, -0.2) is 61.4 Å². The van der Waals surface area contributed by atoms with Crippen LogP contribution in [0.4, 0.5) is 13.2 Å². The summed E-state index contributed by atoms with van der Waals surface area (Å²) < 4.78 is 39.2. The number of benzene rings is 1. The predicted octanol–water partition coefficient (Wildman–Crippen LogP) is 1.03. The van der Waals surface area contributed by atoms with Crippen LogP contribution in [-0.2, 0) is 4.79 Å². The Labute approximate surface area is 137 Å². The van der Waals surface area contributed by atoms with Crippen molar-refractivity contribution >= 4 is 24.2 Å². The molecule has 5 nitrogen and oxygen atoms in total. The number of rotatable bonds is 3. The highest BCUT2D eigenvalue weighted by Crippen LogP contribution is 2.15. The number of nitrogens with one attached hydrogen (secondary N) is 1. The van der Waals surface area contributed by atoms with Gasteiger partial charge in [-0.3, -0.25) is 9.59 Å². The van der Waals surface area contributed by atoms with Gasteiger partial charge in [0, 0.05) is 38.8 Å². The van der Waals surface area contributed by atoms with Crippen molar-refractivity contribution in [2.75, 3.05) is 39.8 Å². The summed E-state index contributed by atoms with van der Waals surface area (Å²) in [4.78, 5) is 26.7. The molecule has 1 aromatic rings. The lowest BCUT2D eigenvalue weighted by atomic mass is 10.2. The number of amides is 2. The van der Waals surface area contributed by atoms with Gasteiger partial charge in [-0.25, -0.2) is 13.2 Å². The highest BCUT2D eigenvalue weighted by atomic mass is 35.5. The zero-order chi connectivity index (χ0) is 16.3. The Hall–Kier alpha value is -1.80. The predicted molar refractivity (Wildman–Crippen MR) is 80.0 cm³/mol. The number of hydrogen-bond donors (Lipinski definition) is 1. The Morgan fingerprint density at radius 3 is 2.22 bits per heavy atom. The van der Waals surface area contributed by atoms with Gasteiger partial charge in [0.05, 0.1) is 6.54 Å². The molecule has 0 aliphatic carbocycles. The minimum atomic E-state index is -1.63. The summed E-state index contributed by atoms with van der Waals surface area (Å²) in [7, 11) is 1.35. The van der Waals surface area contributed by atoms with Crippen LogP contribution in [0.2, 0.25) is 0 Å². The van der Waals surface area contributed by atoms with Gasteiger partial charge in [-0.2, -0.15) is 0 Å². The molecule has 1 N–H and O–H groups in total. The third-order valence-corrected chi connectivity index (χ3v) is 3.42. The lowest BCUT2D eigenvalue weighted by Gasteiger charge is -2.29. The van der Waals surface area contributed by atoms with Crippen LogP contribution in [0.3, 0.4) is 0 Å². The summed E-state index contributed by atoms with van der Waals surface area (Å²) in [6.07, 6.45) is 0. The molecule has 1 aromatic carbocycles. The Bertz CT molecular complexity index is 572.